The molecule has 0 spiro atoms. The van der Waals surface area contributed by atoms with Crippen LogP contribution in [0.15, 0.2) is 35.2 Å². The van der Waals surface area contributed by atoms with E-state index in [4.69, 9.17) is 4.74 Å². The summed E-state index contributed by atoms with van der Waals surface area (Å²) in [5, 5.41) is 7.43. The van der Waals surface area contributed by atoms with Crippen molar-refractivity contribution >= 4 is 39.1 Å². The van der Waals surface area contributed by atoms with Crippen LogP contribution in [-0.2, 0) is 4.74 Å². The van der Waals surface area contributed by atoms with Crippen molar-refractivity contribution in [3.63, 3.8) is 0 Å². The van der Waals surface area contributed by atoms with E-state index in [0.717, 1.165) is 26.8 Å². The summed E-state index contributed by atoms with van der Waals surface area (Å²) in [6.07, 6.45) is 2.27. The van der Waals surface area contributed by atoms with Gasteiger partial charge in [-0.2, -0.15) is 5.10 Å². The highest BCUT2D eigenvalue weighted by Crippen LogP contribution is 2.30. The topological polar surface area (TPSA) is 77.8 Å². The van der Waals surface area contributed by atoms with E-state index in [1.54, 1.807) is 10.7 Å². The number of benzene rings is 1. The number of carbonyl (C=O) groups is 1. The Morgan fingerprint density at radius 2 is 2.12 bits per heavy atom. The van der Waals surface area contributed by atoms with Gasteiger partial charge in [0, 0.05) is 15.7 Å². The fourth-order valence-electron chi connectivity index (χ4n) is 2.32. The number of ether oxygens (including phenoxy) is 2. The van der Waals surface area contributed by atoms with Crippen LogP contribution in [0.5, 0.6) is 5.75 Å². The summed E-state index contributed by atoms with van der Waals surface area (Å²) in [7, 11) is 1.26. The van der Waals surface area contributed by atoms with Gasteiger partial charge >= 0.3 is 6.16 Å². The molecule has 3 aromatic rings. The minimum atomic E-state index is -0.778. The molecule has 2 aromatic heterocycles. The van der Waals surface area contributed by atoms with Crippen LogP contribution in [0.25, 0.3) is 5.52 Å². The number of methoxy groups -OCH3 is 1. The second-order valence-electron chi connectivity index (χ2n) is 5.17. The first-order valence-corrected chi connectivity index (χ1v) is 7.91. The molecule has 0 bridgehead atoms. The van der Waals surface area contributed by atoms with Crippen molar-refractivity contribution in [2.24, 2.45) is 0 Å². The number of rotatable bonds is 3. The smallest absolute Gasteiger partial charge is 0.437 e. The zero-order valence-electron chi connectivity index (χ0n) is 13.3. The van der Waals surface area contributed by atoms with Crippen LogP contribution in [-0.4, -0.2) is 27.9 Å². The van der Waals surface area contributed by atoms with E-state index >= 15 is 0 Å². The molecular weight excluding hydrogens is 376 g/mol. The number of hydrogen-bond donors (Lipinski definition) is 1. The van der Waals surface area contributed by atoms with Crippen LogP contribution in [0.2, 0.25) is 0 Å². The van der Waals surface area contributed by atoms with Gasteiger partial charge in [0.25, 0.3) is 0 Å². The van der Waals surface area contributed by atoms with Gasteiger partial charge in [-0.05, 0) is 37.6 Å². The van der Waals surface area contributed by atoms with Gasteiger partial charge in [0.1, 0.15) is 11.8 Å². The molecule has 0 amide bonds. The molecule has 1 N–H and O–H groups in total. The van der Waals surface area contributed by atoms with E-state index in [1.807, 2.05) is 32.0 Å². The maximum Gasteiger partial charge on any atom is 0.513 e. The van der Waals surface area contributed by atoms with Crippen LogP contribution in [0, 0.1) is 13.8 Å². The molecule has 0 aliphatic rings. The zero-order chi connectivity index (χ0) is 17.3. The van der Waals surface area contributed by atoms with Crippen LogP contribution < -0.4 is 10.1 Å². The first-order valence-electron chi connectivity index (χ1n) is 7.11. The molecule has 8 heteroatoms. The van der Waals surface area contributed by atoms with Gasteiger partial charge in [0.15, 0.2) is 11.6 Å². The van der Waals surface area contributed by atoms with Gasteiger partial charge < -0.3 is 14.8 Å². The molecule has 0 fully saturated rings. The van der Waals surface area contributed by atoms with Crippen LogP contribution in [0.3, 0.4) is 0 Å². The molecule has 0 unspecified atom stereocenters. The lowest BCUT2D eigenvalue weighted by Crippen LogP contribution is -2.07. The fraction of sp³-hybridized carbons (Fsp3) is 0.188. The predicted molar refractivity (Wildman–Crippen MR) is 92.9 cm³/mol. The predicted octanol–water partition coefficient (Wildman–Crippen LogP) is 4.00. The van der Waals surface area contributed by atoms with Crippen molar-refractivity contribution in [1.29, 1.82) is 0 Å². The molecule has 0 aliphatic heterocycles. The lowest BCUT2D eigenvalue weighted by molar-refractivity contribution is 0.121. The van der Waals surface area contributed by atoms with Gasteiger partial charge in [-0.15, -0.1) is 0 Å². The third kappa shape index (κ3) is 3.05. The largest absolute Gasteiger partial charge is 0.513 e. The fourth-order valence-corrected chi connectivity index (χ4v) is 2.57. The first kappa shape index (κ1) is 16.3. The summed E-state index contributed by atoms with van der Waals surface area (Å²) < 4.78 is 12.3. The maximum absolute atomic E-state index is 11.3. The molecule has 0 aliphatic carbocycles. The Morgan fingerprint density at radius 1 is 1.33 bits per heavy atom. The molecular formula is C16H15BrN4O3. The molecule has 0 saturated heterocycles. The van der Waals surface area contributed by atoms with Crippen molar-refractivity contribution in [2.75, 3.05) is 12.4 Å². The SMILES string of the molecule is COC(=O)Oc1cn2ncnc(Nc3ccc(Br)c(C)c3)c2c1C. The monoisotopic (exact) mass is 390 g/mol. The summed E-state index contributed by atoms with van der Waals surface area (Å²) in [4.78, 5) is 15.6. The summed E-state index contributed by atoms with van der Waals surface area (Å²) in [5.74, 6) is 0.987. The first-order chi connectivity index (χ1) is 11.5. The quantitative estimate of drug-likeness (QED) is 0.681. The third-order valence-corrected chi connectivity index (χ3v) is 4.45. The Labute approximate surface area is 146 Å². The number of anilines is 2. The molecule has 124 valence electrons. The van der Waals surface area contributed by atoms with Crippen LogP contribution in [0.4, 0.5) is 16.3 Å². The van der Waals surface area contributed by atoms with Crippen molar-refractivity contribution < 1.29 is 14.3 Å². The Balaban J connectivity index is 2.01. The van der Waals surface area contributed by atoms with Crippen molar-refractivity contribution in [3.05, 3.63) is 46.3 Å². The Bertz CT molecular complexity index is 923. The minimum Gasteiger partial charge on any atom is -0.437 e. The molecule has 24 heavy (non-hydrogen) atoms. The van der Waals surface area contributed by atoms with E-state index < -0.39 is 6.16 Å². The molecule has 2 heterocycles. The van der Waals surface area contributed by atoms with Gasteiger partial charge in [-0.3, -0.25) is 0 Å². The number of carbonyl (C=O) groups excluding carboxylic acids is 1. The van der Waals surface area contributed by atoms with Gasteiger partial charge in [-0.25, -0.2) is 14.3 Å². The van der Waals surface area contributed by atoms with Crippen molar-refractivity contribution in [1.82, 2.24) is 14.6 Å². The van der Waals surface area contributed by atoms with E-state index in [9.17, 15) is 4.79 Å². The number of nitrogens with zero attached hydrogens (tertiary/aromatic N) is 3. The lowest BCUT2D eigenvalue weighted by Gasteiger charge is -2.09. The molecule has 0 saturated carbocycles. The normalized spacial score (nSPS) is 10.7. The molecule has 0 radical (unpaired) electrons. The summed E-state index contributed by atoms with van der Waals surface area (Å²) in [6.45, 7) is 3.84. The van der Waals surface area contributed by atoms with E-state index in [2.05, 4.69) is 36.1 Å². The minimum absolute atomic E-state index is 0.373. The van der Waals surface area contributed by atoms with Crippen molar-refractivity contribution in [2.45, 2.75) is 13.8 Å². The third-order valence-electron chi connectivity index (χ3n) is 3.56. The number of halogens is 1. The molecule has 7 nitrogen and oxygen atoms in total. The second kappa shape index (κ2) is 6.48. The molecule has 3 rings (SSSR count). The zero-order valence-corrected chi connectivity index (χ0v) is 14.9. The van der Waals surface area contributed by atoms with Crippen LogP contribution in [0.1, 0.15) is 11.1 Å². The van der Waals surface area contributed by atoms with Crippen molar-refractivity contribution in [3.8, 4) is 5.75 Å². The van der Waals surface area contributed by atoms with E-state index in [-0.39, 0.29) is 0 Å². The highest BCUT2D eigenvalue weighted by molar-refractivity contribution is 9.10. The van der Waals surface area contributed by atoms with Crippen LogP contribution >= 0.6 is 15.9 Å². The Morgan fingerprint density at radius 3 is 2.83 bits per heavy atom. The second-order valence-corrected chi connectivity index (χ2v) is 6.02. The average molecular weight is 391 g/mol. The number of hydrogen-bond acceptors (Lipinski definition) is 6. The number of fused-ring (bicyclic) bond motifs is 1. The average Bonchev–Trinajstić information content (AvgIpc) is 2.88. The Hall–Kier alpha value is -2.61. The van der Waals surface area contributed by atoms with Gasteiger partial charge in [-0.1, -0.05) is 15.9 Å². The van der Waals surface area contributed by atoms with E-state index in [1.165, 1.54) is 13.4 Å². The Kier molecular flexibility index (Phi) is 4.39. The number of aromatic nitrogens is 3. The maximum atomic E-state index is 11.3. The number of aryl methyl sites for hydroxylation is 2. The van der Waals surface area contributed by atoms with E-state index in [0.29, 0.717) is 11.6 Å². The summed E-state index contributed by atoms with van der Waals surface area (Å²) in [6, 6.07) is 5.92. The standard InChI is InChI=1S/C16H15BrN4O3/c1-9-6-11(4-5-12(9)17)20-15-14-10(2)13(24-16(22)23-3)7-21(14)19-8-18-15/h4-8H,1-3H3,(H,18,19,20). The highest BCUT2D eigenvalue weighted by Gasteiger charge is 2.16. The van der Waals surface area contributed by atoms with Gasteiger partial charge in [0.05, 0.1) is 13.3 Å². The molecule has 0 atom stereocenters. The molecule has 1 aromatic carbocycles. The lowest BCUT2D eigenvalue weighted by atomic mass is 10.2. The number of nitrogens with one attached hydrogen (secondary N) is 1. The van der Waals surface area contributed by atoms with Gasteiger partial charge in [0.2, 0.25) is 0 Å². The summed E-state index contributed by atoms with van der Waals surface area (Å²) in [5.41, 5.74) is 3.45. The highest BCUT2D eigenvalue weighted by atomic mass is 79.9. The summed E-state index contributed by atoms with van der Waals surface area (Å²) >= 11 is 3.48.